The fraction of sp³-hybridized carbons (Fsp3) is 0.381. The van der Waals surface area contributed by atoms with Crippen LogP contribution in [0.4, 0.5) is 0 Å². The van der Waals surface area contributed by atoms with Crippen molar-refractivity contribution in [2.24, 2.45) is 0 Å². The zero-order valence-electron chi connectivity index (χ0n) is 14.4. The van der Waals surface area contributed by atoms with E-state index in [-0.39, 0.29) is 11.9 Å². The maximum absolute atomic E-state index is 12.7. The summed E-state index contributed by atoms with van der Waals surface area (Å²) >= 11 is 0. The third kappa shape index (κ3) is 3.51. The van der Waals surface area contributed by atoms with Gasteiger partial charge < -0.3 is 10.0 Å². The molecular formula is C21H25NO2. The van der Waals surface area contributed by atoms with Crippen molar-refractivity contribution in [3.8, 4) is 11.1 Å². The molecule has 0 bridgehead atoms. The highest BCUT2D eigenvalue weighted by atomic mass is 16.3. The Morgan fingerprint density at radius 3 is 2.08 bits per heavy atom. The lowest BCUT2D eigenvalue weighted by molar-refractivity contribution is 0.0268. The summed E-state index contributed by atoms with van der Waals surface area (Å²) in [7, 11) is 1.80. The molecular weight excluding hydrogens is 298 g/mol. The summed E-state index contributed by atoms with van der Waals surface area (Å²) in [6.45, 7) is 2.07. The number of rotatable bonds is 3. The van der Waals surface area contributed by atoms with Crippen molar-refractivity contribution < 1.29 is 9.90 Å². The van der Waals surface area contributed by atoms with Gasteiger partial charge in [0.05, 0.1) is 12.1 Å². The molecule has 1 saturated carbocycles. The van der Waals surface area contributed by atoms with Gasteiger partial charge in [0.2, 0.25) is 0 Å². The molecule has 24 heavy (non-hydrogen) atoms. The fourth-order valence-electron chi connectivity index (χ4n) is 3.45. The Labute approximate surface area is 143 Å². The Kier molecular flexibility index (Phi) is 5.00. The van der Waals surface area contributed by atoms with Gasteiger partial charge in [-0.05, 0) is 43.0 Å². The van der Waals surface area contributed by atoms with Crippen molar-refractivity contribution in [2.45, 2.75) is 44.8 Å². The first-order valence-electron chi connectivity index (χ1n) is 8.68. The summed E-state index contributed by atoms with van der Waals surface area (Å²) in [5.41, 5.74) is 4.16. The number of hydrogen-bond donors (Lipinski definition) is 1. The van der Waals surface area contributed by atoms with E-state index in [1.54, 1.807) is 11.9 Å². The van der Waals surface area contributed by atoms with Gasteiger partial charge in [0, 0.05) is 12.6 Å². The normalized spacial score (nSPS) is 20.6. The molecule has 0 heterocycles. The lowest BCUT2D eigenvalue weighted by Gasteiger charge is -2.35. The van der Waals surface area contributed by atoms with Crippen molar-refractivity contribution in [3.63, 3.8) is 0 Å². The summed E-state index contributed by atoms with van der Waals surface area (Å²) < 4.78 is 0. The van der Waals surface area contributed by atoms with Gasteiger partial charge in [-0.25, -0.2) is 0 Å². The van der Waals surface area contributed by atoms with Crippen LogP contribution in [0.1, 0.15) is 41.6 Å². The number of aliphatic hydroxyl groups excluding tert-OH is 1. The second-order valence-electron chi connectivity index (χ2n) is 6.78. The molecule has 2 aromatic carbocycles. The molecule has 126 valence electrons. The SMILES string of the molecule is Cc1ccc(-c2ccc(C(=O)N(C)[C@@H]3CCCC[C@@H]3O)cc2)cc1. The molecule has 3 rings (SSSR count). The number of aryl methyl sites for hydroxylation is 1. The average Bonchev–Trinajstić information content (AvgIpc) is 2.62. The second-order valence-corrected chi connectivity index (χ2v) is 6.78. The molecule has 2 atom stereocenters. The van der Waals surface area contributed by atoms with Crippen LogP contribution in [0.25, 0.3) is 11.1 Å². The number of hydrogen-bond acceptors (Lipinski definition) is 2. The molecule has 0 spiro atoms. The van der Waals surface area contributed by atoms with Crippen LogP contribution in [0.2, 0.25) is 0 Å². The van der Waals surface area contributed by atoms with E-state index in [2.05, 4.69) is 31.2 Å². The number of carbonyl (C=O) groups excluding carboxylic acids is 1. The Hall–Kier alpha value is -2.13. The number of benzene rings is 2. The van der Waals surface area contributed by atoms with Crippen LogP contribution in [0, 0.1) is 6.92 Å². The van der Waals surface area contributed by atoms with Gasteiger partial charge >= 0.3 is 0 Å². The van der Waals surface area contributed by atoms with Gasteiger partial charge in [0.25, 0.3) is 5.91 Å². The number of carbonyl (C=O) groups is 1. The minimum absolute atomic E-state index is 0.0172. The predicted octanol–water partition coefficient (Wildman–Crippen LogP) is 4.04. The summed E-state index contributed by atoms with van der Waals surface area (Å²) in [6.07, 6.45) is 3.38. The summed E-state index contributed by atoms with van der Waals surface area (Å²) in [6, 6.07) is 16.0. The van der Waals surface area contributed by atoms with Crippen LogP contribution in [-0.4, -0.2) is 35.1 Å². The third-order valence-electron chi connectivity index (χ3n) is 5.03. The third-order valence-corrected chi connectivity index (χ3v) is 5.03. The number of likely N-dealkylation sites (N-methyl/N-ethyl adjacent to an activating group) is 1. The van der Waals surface area contributed by atoms with E-state index in [0.717, 1.165) is 36.8 Å². The molecule has 0 radical (unpaired) electrons. The fourth-order valence-corrected chi connectivity index (χ4v) is 3.45. The van der Waals surface area contributed by atoms with Crippen LogP contribution in [0.5, 0.6) is 0 Å². The molecule has 3 nitrogen and oxygen atoms in total. The molecule has 1 amide bonds. The zero-order chi connectivity index (χ0) is 17.1. The minimum Gasteiger partial charge on any atom is -0.391 e. The summed E-state index contributed by atoms with van der Waals surface area (Å²) in [5.74, 6) is -0.0172. The maximum atomic E-state index is 12.7. The van der Waals surface area contributed by atoms with E-state index < -0.39 is 6.10 Å². The van der Waals surface area contributed by atoms with Crippen LogP contribution >= 0.6 is 0 Å². The van der Waals surface area contributed by atoms with Gasteiger partial charge in [-0.3, -0.25) is 4.79 Å². The van der Waals surface area contributed by atoms with Gasteiger partial charge in [0.15, 0.2) is 0 Å². The average molecular weight is 323 g/mol. The van der Waals surface area contributed by atoms with E-state index in [0.29, 0.717) is 5.56 Å². The van der Waals surface area contributed by atoms with Gasteiger partial charge in [-0.2, -0.15) is 0 Å². The van der Waals surface area contributed by atoms with Gasteiger partial charge in [0.1, 0.15) is 0 Å². The Bertz CT molecular complexity index is 691. The van der Waals surface area contributed by atoms with Crippen molar-refractivity contribution in [1.29, 1.82) is 0 Å². The highest BCUT2D eigenvalue weighted by molar-refractivity contribution is 5.94. The quantitative estimate of drug-likeness (QED) is 0.926. The van der Waals surface area contributed by atoms with Crippen molar-refractivity contribution >= 4 is 5.91 Å². The number of nitrogens with zero attached hydrogens (tertiary/aromatic N) is 1. The standard InChI is InChI=1S/C21H25NO2/c1-15-7-9-16(10-8-15)17-11-13-18(14-12-17)21(24)22(2)19-5-3-4-6-20(19)23/h7-14,19-20,23H,3-6H2,1-2H3/t19-,20+/m1/s1. The summed E-state index contributed by atoms with van der Waals surface area (Å²) in [4.78, 5) is 14.4. The molecule has 2 aromatic rings. The first-order valence-corrected chi connectivity index (χ1v) is 8.68. The molecule has 1 fully saturated rings. The van der Waals surface area contributed by atoms with Crippen LogP contribution in [-0.2, 0) is 0 Å². The second kappa shape index (κ2) is 7.18. The lowest BCUT2D eigenvalue weighted by atomic mass is 9.91. The van der Waals surface area contributed by atoms with Gasteiger partial charge in [-0.15, -0.1) is 0 Å². The number of amides is 1. The number of aliphatic hydroxyl groups is 1. The highest BCUT2D eigenvalue weighted by Gasteiger charge is 2.29. The largest absolute Gasteiger partial charge is 0.391 e. The van der Waals surface area contributed by atoms with E-state index >= 15 is 0 Å². The molecule has 0 aromatic heterocycles. The lowest BCUT2D eigenvalue weighted by Crippen LogP contribution is -2.46. The Balaban J connectivity index is 1.74. The first-order chi connectivity index (χ1) is 11.6. The molecule has 1 N–H and O–H groups in total. The zero-order valence-corrected chi connectivity index (χ0v) is 14.4. The van der Waals surface area contributed by atoms with E-state index in [1.807, 2.05) is 24.3 Å². The monoisotopic (exact) mass is 323 g/mol. The van der Waals surface area contributed by atoms with E-state index in [1.165, 1.54) is 5.56 Å². The summed E-state index contributed by atoms with van der Waals surface area (Å²) in [5, 5.41) is 10.2. The van der Waals surface area contributed by atoms with Crippen LogP contribution in [0.3, 0.4) is 0 Å². The van der Waals surface area contributed by atoms with E-state index in [9.17, 15) is 9.90 Å². The van der Waals surface area contributed by atoms with Gasteiger partial charge in [-0.1, -0.05) is 54.8 Å². The highest BCUT2D eigenvalue weighted by Crippen LogP contribution is 2.25. The molecule has 3 heteroatoms. The Morgan fingerprint density at radius 2 is 1.50 bits per heavy atom. The predicted molar refractivity (Wildman–Crippen MR) is 97.0 cm³/mol. The smallest absolute Gasteiger partial charge is 0.253 e. The molecule has 0 saturated heterocycles. The van der Waals surface area contributed by atoms with Crippen molar-refractivity contribution in [3.05, 3.63) is 59.7 Å². The molecule has 1 aliphatic rings. The van der Waals surface area contributed by atoms with Crippen molar-refractivity contribution in [2.75, 3.05) is 7.05 Å². The molecule has 1 aliphatic carbocycles. The van der Waals surface area contributed by atoms with Crippen molar-refractivity contribution in [1.82, 2.24) is 4.90 Å². The minimum atomic E-state index is -0.403. The molecule has 0 unspecified atom stereocenters. The first kappa shape index (κ1) is 16.7. The Morgan fingerprint density at radius 1 is 0.958 bits per heavy atom. The van der Waals surface area contributed by atoms with E-state index in [4.69, 9.17) is 0 Å². The molecule has 0 aliphatic heterocycles. The van der Waals surface area contributed by atoms with Crippen LogP contribution in [0.15, 0.2) is 48.5 Å². The topological polar surface area (TPSA) is 40.5 Å². The van der Waals surface area contributed by atoms with Crippen LogP contribution < -0.4 is 0 Å². The maximum Gasteiger partial charge on any atom is 0.253 e.